The van der Waals surface area contributed by atoms with Gasteiger partial charge in [-0.3, -0.25) is 0 Å². The van der Waals surface area contributed by atoms with Gasteiger partial charge < -0.3 is 9.80 Å². The number of carbonyl (C=O) groups excluding carboxylic acids is 1. The van der Waals surface area contributed by atoms with Crippen LogP contribution in [0.5, 0.6) is 0 Å². The summed E-state index contributed by atoms with van der Waals surface area (Å²) in [7, 11) is -3.48. The maximum Gasteiger partial charge on any atom is 0.320 e. The van der Waals surface area contributed by atoms with Crippen LogP contribution in [0.15, 0.2) is 53.4 Å². The minimum Gasteiger partial charge on any atom is -0.320 e. The first-order chi connectivity index (χ1) is 14.9. The monoisotopic (exact) mass is 441 g/mol. The average molecular weight is 442 g/mol. The molecule has 2 saturated heterocycles. The topological polar surface area (TPSA) is 60.9 Å². The van der Waals surface area contributed by atoms with E-state index in [2.05, 4.69) is 32.0 Å². The van der Waals surface area contributed by atoms with Gasteiger partial charge in [-0.2, -0.15) is 4.31 Å². The van der Waals surface area contributed by atoms with E-state index in [-0.39, 0.29) is 12.1 Å². The molecular formula is C24H31N3O3S. The quantitative estimate of drug-likeness (QED) is 0.688. The van der Waals surface area contributed by atoms with Crippen LogP contribution in [-0.4, -0.2) is 60.8 Å². The van der Waals surface area contributed by atoms with Crippen LogP contribution in [0.4, 0.5) is 4.79 Å². The molecule has 2 amide bonds. The van der Waals surface area contributed by atoms with Crippen molar-refractivity contribution in [2.45, 2.75) is 50.6 Å². The van der Waals surface area contributed by atoms with Crippen LogP contribution in [0.3, 0.4) is 0 Å². The molecule has 0 aliphatic carbocycles. The van der Waals surface area contributed by atoms with E-state index in [1.54, 1.807) is 16.4 Å². The van der Waals surface area contributed by atoms with Crippen molar-refractivity contribution in [3.05, 3.63) is 65.2 Å². The molecule has 0 saturated carbocycles. The molecule has 2 aliphatic heterocycles. The SMILES string of the molecule is CCc1ccc(S(=O)(=O)N2CCC(N3CCN(Cc4cccc(C)c4)C3=O)CC2)cc1. The molecule has 0 atom stereocenters. The summed E-state index contributed by atoms with van der Waals surface area (Å²) in [6.07, 6.45) is 2.24. The van der Waals surface area contributed by atoms with Crippen LogP contribution < -0.4 is 0 Å². The highest BCUT2D eigenvalue weighted by atomic mass is 32.2. The van der Waals surface area contributed by atoms with Crippen LogP contribution in [-0.2, 0) is 23.0 Å². The second kappa shape index (κ2) is 9.01. The Morgan fingerprint density at radius 2 is 1.65 bits per heavy atom. The molecule has 0 aromatic heterocycles. The Balaban J connectivity index is 1.35. The fraction of sp³-hybridized carbons (Fsp3) is 0.458. The van der Waals surface area contributed by atoms with E-state index in [0.717, 1.165) is 24.1 Å². The fourth-order valence-corrected chi connectivity index (χ4v) is 6.03. The number of piperidine rings is 1. The number of sulfonamides is 1. The van der Waals surface area contributed by atoms with Crippen molar-refractivity contribution in [3.63, 3.8) is 0 Å². The van der Waals surface area contributed by atoms with Gasteiger partial charge in [0.2, 0.25) is 10.0 Å². The third-order valence-corrected chi connectivity index (χ3v) is 8.33. The van der Waals surface area contributed by atoms with E-state index in [4.69, 9.17) is 0 Å². The van der Waals surface area contributed by atoms with E-state index in [9.17, 15) is 13.2 Å². The van der Waals surface area contributed by atoms with Crippen LogP contribution >= 0.6 is 0 Å². The lowest BCUT2D eigenvalue weighted by atomic mass is 10.1. The van der Waals surface area contributed by atoms with E-state index >= 15 is 0 Å². The molecule has 2 aromatic rings. The summed E-state index contributed by atoms with van der Waals surface area (Å²) >= 11 is 0. The summed E-state index contributed by atoms with van der Waals surface area (Å²) in [5.74, 6) is 0. The number of hydrogen-bond acceptors (Lipinski definition) is 3. The summed E-state index contributed by atoms with van der Waals surface area (Å²) in [4.78, 5) is 17.2. The molecule has 0 unspecified atom stereocenters. The summed E-state index contributed by atoms with van der Waals surface area (Å²) in [5, 5.41) is 0. The van der Waals surface area contributed by atoms with Gasteiger partial charge in [-0.25, -0.2) is 13.2 Å². The summed E-state index contributed by atoms with van der Waals surface area (Å²) in [6.45, 7) is 7.06. The maximum atomic E-state index is 13.0. The van der Waals surface area contributed by atoms with Crippen LogP contribution in [0.25, 0.3) is 0 Å². The predicted molar refractivity (Wildman–Crippen MR) is 121 cm³/mol. The summed E-state index contributed by atoms with van der Waals surface area (Å²) in [6, 6.07) is 15.6. The third kappa shape index (κ3) is 4.62. The first-order valence-electron chi connectivity index (χ1n) is 11.1. The second-order valence-corrected chi connectivity index (χ2v) is 10.5. The van der Waals surface area contributed by atoms with Gasteiger partial charge in [0.1, 0.15) is 0 Å². The van der Waals surface area contributed by atoms with Gasteiger partial charge >= 0.3 is 6.03 Å². The standard InChI is InChI=1S/C24H31N3O3S/c1-3-20-7-9-23(10-8-20)31(29,30)26-13-11-22(12-14-26)27-16-15-25(24(27)28)18-21-6-4-5-19(2)17-21/h4-10,17,22H,3,11-16,18H2,1-2H3. The first kappa shape index (κ1) is 21.8. The highest BCUT2D eigenvalue weighted by Crippen LogP contribution is 2.26. The highest BCUT2D eigenvalue weighted by Gasteiger charge is 2.37. The molecule has 6 nitrogen and oxygen atoms in total. The smallest absolute Gasteiger partial charge is 0.320 e. The van der Waals surface area contributed by atoms with Crippen molar-refractivity contribution >= 4 is 16.1 Å². The predicted octanol–water partition coefficient (Wildman–Crippen LogP) is 3.65. The Hall–Kier alpha value is -2.38. The molecule has 2 fully saturated rings. The summed E-state index contributed by atoms with van der Waals surface area (Å²) < 4.78 is 27.6. The van der Waals surface area contributed by atoms with Gasteiger partial charge in [-0.15, -0.1) is 0 Å². The number of carbonyl (C=O) groups is 1. The number of urea groups is 1. The zero-order valence-electron chi connectivity index (χ0n) is 18.3. The molecular weight excluding hydrogens is 410 g/mol. The largest absolute Gasteiger partial charge is 0.320 e. The summed E-state index contributed by atoms with van der Waals surface area (Å²) in [5.41, 5.74) is 3.46. The molecule has 0 radical (unpaired) electrons. The molecule has 0 bridgehead atoms. The first-order valence-corrected chi connectivity index (χ1v) is 12.5. The number of nitrogens with zero attached hydrogens (tertiary/aromatic N) is 3. The van der Waals surface area contributed by atoms with Gasteiger partial charge in [0.25, 0.3) is 0 Å². The van der Waals surface area contributed by atoms with E-state index < -0.39 is 10.0 Å². The number of hydrogen-bond donors (Lipinski definition) is 0. The van der Waals surface area contributed by atoms with Gasteiger partial charge in [0.05, 0.1) is 4.90 Å². The zero-order valence-corrected chi connectivity index (χ0v) is 19.1. The Morgan fingerprint density at radius 3 is 2.29 bits per heavy atom. The minimum atomic E-state index is -3.48. The van der Waals surface area contributed by atoms with Crippen molar-refractivity contribution in [2.75, 3.05) is 26.2 Å². The number of benzene rings is 2. The lowest BCUT2D eigenvalue weighted by molar-refractivity contribution is 0.153. The highest BCUT2D eigenvalue weighted by molar-refractivity contribution is 7.89. The van der Waals surface area contributed by atoms with Gasteiger partial charge in [-0.1, -0.05) is 48.9 Å². The normalized spacial score (nSPS) is 18.7. The van der Waals surface area contributed by atoms with E-state index in [0.29, 0.717) is 43.9 Å². The molecule has 166 valence electrons. The van der Waals surface area contributed by atoms with Gasteiger partial charge in [0, 0.05) is 38.8 Å². The Bertz CT molecular complexity index is 1030. The Kier molecular flexibility index (Phi) is 6.34. The molecule has 2 aromatic carbocycles. The van der Waals surface area contributed by atoms with Crippen LogP contribution in [0.1, 0.15) is 36.5 Å². The van der Waals surface area contributed by atoms with Crippen molar-refractivity contribution in [2.24, 2.45) is 0 Å². The molecule has 31 heavy (non-hydrogen) atoms. The molecule has 7 heteroatoms. The van der Waals surface area contributed by atoms with Gasteiger partial charge in [0.15, 0.2) is 0 Å². The molecule has 0 N–H and O–H groups in total. The van der Waals surface area contributed by atoms with Crippen LogP contribution in [0.2, 0.25) is 0 Å². The number of aryl methyl sites for hydroxylation is 2. The van der Waals surface area contributed by atoms with E-state index in [1.807, 2.05) is 28.0 Å². The molecule has 2 heterocycles. The van der Waals surface area contributed by atoms with Crippen molar-refractivity contribution in [3.8, 4) is 0 Å². The molecule has 2 aliphatic rings. The fourth-order valence-electron chi connectivity index (χ4n) is 4.56. The lowest BCUT2D eigenvalue weighted by Gasteiger charge is -2.36. The third-order valence-electron chi connectivity index (χ3n) is 6.42. The number of rotatable bonds is 6. The zero-order chi connectivity index (χ0) is 22.0. The lowest BCUT2D eigenvalue weighted by Crippen LogP contribution is -2.47. The molecule has 0 spiro atoms. The van der Waals surface area contributed by atoms with Crippen molar-refractivity contribution in [1.82, 2.24) is 14.1 Å². The number of amides is 2. The van der Waals surface area contributed by atoms with Crippen LogP contribution in [0, 0.1) is 6.92 Å². The Morgan fingerprint density at radius 1 is 0.935 bits per heavy atom. The maximum absolute atomic E-state index is 13.0. The average Bonchev–Trinajstić information content (AvgIpc) is 3.14. The molecule has 4 rings (SSSR count). The van der Waals surface area contributed by atoms with E-state index in [1.165, 1.54) is 5.56 Å². The second-order valence-electron chi connectivity index (χ2n) is 8.52. The Labute approximate surface area is 185 Å². The van der Waals surface area contributed by atoms with Crippen molar-refractivity contribution < 1.29 is 13.2 Å². The minimum absolute atomic E-state index is 0.0676. The van der Waals surface area contributed by atoms with Gasteiger partial charge in [-0.05, 0) is 49.4 Å². The van der Waals surface area contributed by atoms with Crippen molar-refractivity contribution in [1.29, 1.82) is 0 Å².